The Balaban J connectivity index is 2.13. The predicted molar refractivity (Wildman–Crippen MR) is 43.3 cm³/mol. The van der Waals surface area contributed by atoms with Crippen molar-refractivity contribution in [2.45, 2.75) is 31.5 Å². The molecule has 0 bridgehead atoms. The van der Waals surface area contributed by atoms with Gasteiger partial charge in [0, 0.05) is 6.54 Å². The van der Waals surface area contributed by atoms with E-state index >= 15 is 0 Å². The van der Waals surface area contributed by atoms with Crippen LogP contribution in [-0.2, 0) is 9.53 Å². The van der Waals surface area contributed by atoms with E-state index in [2.05, 4.69) is 0 Å². The molecule has 0 aromatic carbocycles. The molecule has 2 aliphatic rings. The number of hydrogen-bond acceptors (Lipinski definition) is 3. The Kier molecular flexibility index (Phi) is 2.02. The van der Waals surface area contributed by atoms with Crippen molar-refractivity contribution in [3.8, 4) is 0 Å². The molecule has 2 unspecified atom stereocenters. The van der Waals surface area contributed by atoms with Gasteiger partial charge in [0.05, 0.1) is 12.6 Å². The van der Waals surface area contributed by atoms with E-state index in [0.717, 1.165) is 19.4 Å². The van der Waals surface area contributed by atoms with Crippen LogP contribution in [0.3, 0.4) is 0 Å². The van der Waals surface area contributed by atoms with E-state index in [1.807, 2.05) is 0 Å². The highest BCUT2D eigenvalue weighted by Gasteiger charge is 2.34. The lowest BCUT2D eigenvalue weighted by molar-refractivity contribution is -0.138. The van der Waals surface area contributed by atoms with E-state index in [9.17, 15) is 4.79 Å². The van der Waals surface area contributed by atoms with Crippen molar-refractivity contribution in [3.63, 3.8) is 0 Å². The first-order valence-corrected chi connectivity index (χ1v) is 4.47. The van der Waals surface area contributed by atoms with Crippen LogP contribution in [0.2, 0.25) is 0 Å². The first-order valence-electron chi connectivity index (χ1n) is 4.47. The highest BCUT2D eigenvalue weighted by molar-refractivity contribution is 5.82. The zero-order valence-electron chi connectivity index (χ0n) is 7.03. The number of ether oxygens (including phenoxy) is 1. The maximum Gasteiger partial charge on any atom is 0.241 e. The zero-order chi connectivity index (χ0) is 8.55. The second-order valence-electron chi connectivity index (χ2n) is 3.39. The summed E-state index contributed by atoms with van der Waals surface area (Å²) in [5.74, 6) is 0.0648. The van der Waals surface area contributed by atoms with Crippen LogP contribution in [0.5, 0.6) is 0 Å². The van der Waals surface area contributed by atoms with Gasteiger partial charge in [-0.2, -0.15) is 0 Å². The summed E-state index contributed by atoms with van der Waals surface area (Å²) < 4.78 is 5.49. The summed E-state index contributed by atoms with van der Waals surface area (Å²) in [6, 6.07) is -0.340. The van der Waals surface area contributed by atoms with Crippen LogP contribution in [0.25, 0.3) is 0 Å². The largest absolute Gasteiger partial charge is 0.358 e. The molecule has 12 heavy (non-hydrogen) atoms. The van der Waals surface area contributed by atoms with Gasteiger partial charge < -0.3 is 15.4 Å². The number of fused-ring (bicyclic) bond motifs is 1. The lowest BCUT2D eigenvalue weighted by Gasteiger charge is -2.22. The Morgan fingerprint density at radius 1 is 1.50 bits per heavy atom. The van der Waals surface area contributed by atoms with Crippen LogP contribution >= 0.6 is 0 Å². The van der Waals surface area contributed by atoms with E-state index in [0.29, 0.717) is 13.0 Å². The average Bonchev–Trinajstić information content (AvgIpc) is 2.46. The Labute approximate surface area is 71.7 Å². The summed E-state index contributed by atoms with van der Waals surface area (Å²) in [4.78, 5) is 13.3. The average molecular weight is 170 g/mol. The van der Waals surface area contributed by atoms with Gasteiger partial charge in [-0.3, -0.25) is 4.79 Å². The van der Waals surface area contributed by atoms with Gasteiger partial charge in [0.1, 0.15) is 6.23 Å². The molecule has 2 saturated heterocycles. The van der Waals surface area contributed by atoms with Gasteiger partial charge in [-0.15, -0.1) is 0 Å². The second-order valence-corrected chi connectivity index (χ2v) is 3.39. The normalized spacial score (nSPS) is 36.4. The first kappa shape index (κ1) is 8.01. The fraction of sp³-hybridized carbons (Fsp3) is 0.875. The van der Waals surface area contributed by atoms with E-state index < -0.39 is 0 Å². The van der Waals surface area contributed by atoms with E-state index in [1.54, 1.807) is 4.90 Å². The van der Waals surface area contributed by atoms with Gasteiger partial charge in [0.2, 0.25) is 5.91 Å². The fourth-order valence-electron chi connectivity index (χ4n) is 1.83. The molecule has 0 aromatic rings. The highest BCUT2D eigenvalue weighted by Crippen LogP contribution is 2.22. The smallest absolute Gasteiger partial charge is 0.241 e. The standard InChI is InChI=1S/C8H14N2O2/c9-6-3-5-12-7-2-1-4-10(7)8(6)11/h6-7H,1-5,9H2. The summed E-state index contributed by atoms with van der Waals surface area (Å²) in [7, 11) is 0. The highest BCUT2D eigenvalue weighted by atomic mass is 16.5. The minimum absolute atomic E-state index is 0.0195. The molecule has 4 heteroatoms. The van der Waals surface area contributed by atoms with Crippen LogP contribution in [0.1, 0.15) is 19.3 Å². The molecule has 2 atom stereocenters. The maximum atomic E-state index is 11.5. The molecule has 0 saturated carbocycles. The summed E-state index contributed by atoms with van der Waals surface area (Å²) in [5.41, 5.74) is 5.66. The van der Waals surface area contributed by atoms with Crippen molar-refractivity contribution < 1.29 is 9.53 Å². The monoisotopic (exact) mass is 170 g/mol. The molecule has 2 fully saturated rings. The SMILES string of the molecule is NC1CCOC2CCCN2C1=O. The van der Waals surface area contributed by atoms with Gasteiger partial charge in [0.15, 0.2) is 0 Å². The molecular formula is C8H14N2O2. The van der Waals surface area contributed by atoms with Crippen LogP contribution in [-0.4, -0.2) is 36.2 Å². The summed E-state index contributed by atoms with van der Waals surface area (Å²) in [5, 5.41) is 0. The first-order chi connectivity index (χ1) is 5.79. The molecular weight excluding hydrogens is 156 g/mol. The quantitative estimate of drug-likeness (QED) is 0.542. The number of nitrogens with zero attached hydrogens (tertiary/aromatic N) is 1. The molecule has 0 aliphatic carbocycles. The lowest BCUT2D eigenvalue weighted by Crippen LogP contribution is -2.43. The van der Waals surface area contributed by atoms with E-state index in [-0.39, 0.29) is 18.2 Å². The van der Waals surface area contributed by atoms with E-state index in [1.165, 1.54) is 0 Å². The number of amides is 1. The molecule has 68 valence electrons. The molecule has 1 amide bonds. The molecule has 2 rings (SSSR count). The van der Waals surface area contributed by atoms with Crippen LogP contribution in [0.4, 0.5) is 0 Å². The topological polar surface area (TPSA) is 55.6 Å². The number of carbonyl (C=O) groups is 1. The van der Waals surface area contributed by atoms with Gasteiger partial charge in [-0.25, -0.2) is 0 Å². The molecule has 0 radical (unpaired) electrons. The second kappa shape index (κ2) is 3.03. The van der Waals surface area contributed by atoms with Crippen LogP contribution in [0, 0.1) is 0 Å². The fourth-order valence-corrected chi connectivity index (χ4v) is 1.83. The number of rotatable bonds is 0. The van der Waals surface area contributed by atoms with Crippen molar-refractivity contribution in [1.29, 1.82) is 0 Å². The Hall–Kier alpha value is -0.610. The van der Waals surface area contributed by atoms with Crippen LogP contribution < -0.4 is 5.73 Å². The minimum Gasteiger partial charge on any atom is -0.358 e. The third-order valence-electron chi connectivity index (χ3n) is 2.54. The molecule has 2 heterocycles. The third kappa shape index (κ3) is 1.21. The van der Waals surface area contributed by atoms with Crippen molar-refractivity contribution in [1.82, 2.24) is 4.90 Å². The Morgan fingerprint density at radius 2 is 2.33 bits per heavy atom. The Bertz CT molecular complexity index is 195. The van der Waals surface area contributed by atoms with Gasteiger partial charge >= 0.3 is 0 Å². The molecule has 2 aliphatic heterocycles. The molecule has 0 aromatic heterocycles. The predicted octanol–water partition coefficient (Wildman–Crippen LogP) is -0.318. The van der Waals surface area contributed by atoms with Crippen LogP contribution in [0.15, 0.2) is 0 Å². The molecule has 2 N–H and O–H groups in total. The van der Waals surface area contributed by atoms with E-state index in [4.69, 9.17) is 10.5 Å². The third-order valence-corrected chi connectivity index (χ3v) is 2.54. The van der Waals surface area contributed by atoms with Gasteiger partial charge in [-0.1, -0.05) is 0 Å². The van der Waals surface area contributed by atoms with Crippen molar-refractivity contribution in [2.75, 3.05) is 13.2 Å². The number of nitrogens with two attached hydrogens (primary N) is 1. The number of hydrogen-bond donors (Lipinski definition) is 1. The lowest BCUT2D eigenvalue weighted by atomic mass is 10.2. The van der Waals surface area contributed by atoms with Crippen molar-refractivity contribution >= 4 is 5.91 Å². The number of carbonyl (C=O) groups excluding carboxylic acids is 1. The molecule has 4 nitrogen and oxygen atoms in total. The zero-order valence-corrected chi connectivity index (χ0v) is 7.03. The summed E-state index contributed by atoms with van der Waals surface area (Å²) in [6.45, 7) is 1.44. The van der Waals surface area contributed by atoms with Crippen molar-refractivity contribution in [3.05, 3.63) is 0 Å². The van der Waals surface area contributed by atoms with Gasteiger partial charge in [-0.05, 0) is 19.3 Å². The summed E-state index contributed by atoms with van der Waals surface area (Å²) in [6.07, 6.45) is 2.69. The van der Waals surface area contributed by atoms with Crippen molar-refractivity contribution in [2.24, 2.45) is 5.73 Å². The minimum atomic E-state index is -0.340. The van der Waals surface area contributed by atoms with Gasteiger partial charge in [0.25, 0.3) is 0 Å². The molecule has 0 spiro atoms. The Morgan fingerprint density at radius 3 is 3.17 bits per heavy atom. The summed E-state index contributed by atoms with van der Waals surface area (Å²) >= 11 is 0. The maximum absolute atomic E-state index is 11.5.